The lowest BCUT2D eigenvalue weighted by Crippen LogP contribution is -2.43. The van der Waals surface area contributed by atoms with E-state index in [1.165, 1.54) is 0 Å². The number of nitrogens with one attached hydrogen (secondary N) is 2. The predicted molar refractivity (Wildman–Crippen MR) is 97.2 cm³/mol. The van der Waals surface area contributed by atoms with Crippen molar-refractivity contribution >= 4 is 17.5 Å². The number of pyridine rings is 1. The summed E-state index contributed by atoms with van der Waals surface area (Å²) in [5.41, 5.74) is 3.17. The Morgan fingerprint density at radius 3 is 2.92 bits per heavy atom. The molecule has 0 aliphatic carbocycles. The van der Waals surface area contributed by atoms with Gasteiger partial charge in [0.05, 0.1) is 0 Å². The van der Waals surface area contributed by atoms with E-state index in [4.69, 9.17) is 4.74 Å². The second kappa shape index (κ2) is 6.72. The summed E-state index contributed by atoms with van der Waals surface area (Å²) < 4.78 is 5.62. The number of aryl methyl sites for hydroxylation is 1. The molecule has 0 bridgehead atoms. The Morgan fingerprint density at radius 1 is 1.28 bits per heavy atom. The number of piperazine rings is 1. The second-order valence-corrected chi connectivity index (χ2v) is 6.52. The normalized spacial score (nSPS) is 20.0. The third-order valence-corrected chi connectivity index (χ3v) is 4.77. The quantitative estimate of drug-likeness (QED) is 0.656. The van der Waals surface area contributed by atoms with Crippen LogP contribution in [0.1, 0.15) is 11.1 Å². The van der Waals surface area contributed by atoms with Gasteiger partial charge in [0.25, 0.3) is 0 Å². The summed E-state index contributed by atoms with van der Waals surface area (Å²) in [5.74, 6) is 1.15. The predicted octanol–water partition coefficient (Wildman–Crippen LogP) is 1.74. The van der Waals surface area contributed by atoms with Crippen molar-refractivity contribution in [1.82, 2.24) is 10.3 Å². The molecule has 1 unspecified atom stereocenters. The van der Waals surface area contributed by atoms with Crippen molar-refractivity contribution in [3.8, 4) is 5.75 Å². The Labute approximate surface area is 147 Å². The number of carbonyl (C=O) groups excluding carboxylic acids is 1. The fraction of sp³-hybridized carbons (Fsp3) is 0.368. The van der Waals surface area contributed by atoms with Crippen molar-refractivity contribution in [2.75, 3.05) is 36.4 Å². The van der Waals surface area contributed by atoms with Gasteiger partial charge in [-0.2, -0.15) is 0 Å². The first-order valence-corrected chi connectivity index (χ1v) is 8.69. The Morgan fingerprint density at radius 2 is 2.12 bits per heavy atom. The maximum absolute atomic E-state index is 12.4. The summed E-state index contributed by atoms with van der Waals surface area (Å²) in [7, 11) is 0. The number of hydrogen-bond acceptors (Lipinski definition) is 6. The molecular weight excluding hydrogens is 316 g/mol. The molecule has 1 saturated heterocycles. The average Bonchev–Trinajstić information content (AvgIpc) is 2.64. The van der Waals surface area contributed by atoms with E-state index >= 15 is 0 Å². The van der Waals surface area contributed by atoms with Crippen molar-refractivity contribution in [3.05, 3.63) is 47.7 Å². The molecule has 0 amide bonds. The third kappa shape index (κ3) is 3.30. The van der Waals surface area contributed by atoms with Crippen LogP contribution in [0.3, 0.4) is 0 Å². The van der Waals surface area contributed by atoms with Crippen molar-refractivity contribution in [2.45, 2.75) is 19.4 Å². The zero-order valence-corrected chi connectivity index (χ0v) is 14.3. The van der Waals surface area contributed by atoms with E-state index in [1.54, 1.807) is 6.20 Å². The minimum atomic E-state index is -0.411. The summed E-state index contributed by atoms with van der Waals surface area (Å²) in [4.78, 5) is 19.0. The van der Waals surface area contributed by atoms with Gasteiger partial charge in [-0.3, -0.25) is 0 Å². The first-order valence-electron chi connectivity index (χ1n) is 8.69. The fourth-order valence-electron chi connectivity index (χ4n) is 3.32. The first kappa shape index (κ1) is 15.9. The molecule has 2 N–H and O–H groups in total. The van der Waals surface area contributed by atoms with Crippen LogP contribution in [0.5, 0.6) is 5.75 Å². The minimum absolute atomic E-state index is 0.255. The summed E-state index contributed by atoms with van der Waals surface area (Å²) >= 11 is 0. The number of benzene rings is 1. The van der Waals surface area contributed by atoms with Gasteiger partial charge in [-0.25, -0.2) is 9.78 Å². The summed E-state index contributed by atoms with van der Waals surface area (Å²) in [6.07, 6.45) is 2.32. The number of esters is 1. The van der Waals surface area contributed by atoms with Gasteiger partial charge in [0, 0.05) is 50.6 Å². The van der Waals surface area contributed by atoms with Crippen LogP contribution in [-0.4, -0.2) is 43.2 Å². The molecule has 6 nitrogen and oxygen atoms in total. The molecule has 1 aromatic heterocycles. The third-order valence-electron chi connectivity index (χ3n) is 4.77. The molecule has 1 atom stereocenters. The summed E-state index contributed by atoms with van der Waals surface area (Å²) in [5, 5.41) is 6.56. The van der Waals surface area contributed by atoms with Crippen LogP contribution in [0, 0.1) is 6.92 Å². The maximum atomic E-state index is 12.4. The lowest BCUT2D eigenvalue weighted by molar-refractivity contribution is -0.136. The number of rotatable bonds is 3. The van der Waals surface area contributed by atoms with E-state index in [-0.39, 0.29) is 5.97 Å². The van der Waals surface area contributed by atoms with Gasteiger partial charge >= 0.3 is 5.97 Å². The first-order chi connectivity index (χ1) is 12.2. The van der Waals surface area contributed by atoms with Crippen LogP contribution in [-0.2, 0) is 11.2 Å². The molecule has 4 rings (SSSR count). The standard InChI is InChI=1S/C19H22N4O2/c1-13-3-2-6-21-18(13)22-16-11-14-4-5-15(12-17(14)25-19(16)24)23-9-7-20-8-10-23/h2-6,12,16,20H,7-11H2,1H3,(H,21,22). The Hall–Kier alpha value is -2.60. The molecule has 0 radical (unpaired) electrons. The topological polar surface area (TPSA) is 66.5 Å². The molecule has 130 valence electrons. The molecular formula is C19H22N4O2. The monoisotopic (exact) mass is 338 g/mol. The Balaban J connectivity index is 1.52. The van der Waals surface area contributed by atoms with Gasteiger partial charge in [-0.15, -0.1) is 0 Å². The van der Waals surface area contributed by atoms with E-state index in [9.17, 15) is 4.79 Å². The highest BCUT2D eigenvalue weighted by molar-refractivity contribution is 5.84. The van der Waals surface area contributed by atoms with Gasteiger partial charge < -0.3 is 20.3 Å². The van der Waals surface area contributed by atoms with Crippen LogP contribution < -0.4 is 20.3 Å². The molecule has 25 heavy (non-hydrogen) atoms. The van der Waals surface area contributed by atoms with E-state index in [0.717, 1.165) is 48.8 Å². The van der Waals surface area contributed by atoms with Crippen LogP contribution in [0.4, 0.5) is 11.5 Å². The molecule has 2 aromatic rings. The molecule has 1 fully saturated rings. The Bertz CT molecular complexity index is 787. The average molecular weight is 338 g/mol. The minimum Gasteiger partial charge on any atom is -0.425 e. The lowest BCUT2D eigenvalue weighted by atomic mass is 10.0. The molecule has 1 aromatic carbocycles. The van der Waals surface area contributed by atoms with Crippen molar-refractivity contribution in [2.24, 2.45) is 0 Å². The number of ether oxygens (including phenoxy) is 1. The Kier molecular flexibility index (Phi) is 4.28. The summed E-state index contributed by atoms with van der Waals surface area (Å²) in [6.45, 7) is 5.86. The van der Waals surface area contributed by atoms with Crippen LogP contribution >= 0.6 is 0 Å². The zero-order chi connectivity index (χ0) is 17.2. The van der Waals surface area contributed by atoms with Gasteiger partial charge in [0.1, 0.15) is 17.6 Å². The SMILES string of the molecule is Cc1cccnc1NC1Cc2ccc(N3CCNCC3)cc2OC1=O. The van der Waals surface area contributed by atoms with Gasteiger partial charge in [-0.1, -0.05) is 12.1 Å². The summed E-state index contributed by atoms with van der Waals surface area (Å²) in [6, 6.07) is 9.61. The lowest BCUT2D eigenvalue weighted by Gasteiger charge is -2.31. The number of fused-ring (bicyclic) bond motifs is 1. The number of anilines is 2. The van der Waals surface area contributed by atoms with E-state index in [0.29, 0.717) is 12.2 Å². The van der Waals surface area contributed by atoms with E-state index < -0.39 is 6.04 Å². The van der Waals surface area contributed by atoms with Gasteiger partial charge in [-0.05, 0) is 30.2 Å². The molecule has 2 aliphatic rings. The number of nitrogens with zero attached hydrogens (tertiary/aromatic N) is 2. The van der Waals surface area contributed by atoms with Gasteiger partial charge in [0.15, 0.2) is 0 Å². The number of aromatic nitrogens is 1. The smallest absolute Gasteiger partial charge is 0.334 e. The van der Waals surface area contributed by atoms with Crippen LogP contribution in [0.2, 0.25) is 0 Å². The largest absolute Gasteiger partial charge is 0.425 e. The number of carbonyl (C=O) groups is 1. The van der Waals surface area contributed by atoms with Crippen molar-refractivity contribution in [3.63, 3.8) is 0 Å². The molecule has 2 aliphatic heterocycles. The fourth-order valence-corrected chi connectivity index (χ4v) is 3.32. The molecule has 0 spiro atoms. The molecule has 6 heteroatoms. The highest BCUT2D eigenvalue weighted by Gasteiger charge is 2.29. The highest BCUT2D eigenvalue weighted by Crippen LogP contribution is 2.31. The highest BCUT2D eigenvalue weighted by atomic mass is 16.5. The van der Waals surface area contributed by atoms with E-state index in [1.807, 2.05) is 25.1 Å². The maximum Gasteiger partial charge on any atom is 0.334 e. The van der Waals surface area contributed by atoms with Crippen molar-refractivity contribution in [1.29, 1.82) is 0 Å². The van der Waals surface area contributed by atoms with E-state index in [2.05, 4.69) is 32.7 Å². The molecule has 3 heterocycles. The zero-order valence-electron chi connectivity index (χ0n) is 14.3. The van der Waals surface area contributed by atoms with Gasteiger partial charge in [0.2, 0.25) is 0 Å². The second-order valence-electron chi connectivity index (χ2n) is 6.52. The number of hydrogen-bond donors (Lipinski definition) is 2. The molecule has 0 saturated carbocycles. The van der Waals surface area contributed by atoms with Crippen molar-refractivity contribution < 1.29 is 9.53 Å². The van der Waals surface area contributed by atoms with Crippen LogP contribution in [0.25, 0.3) is 0 Å². The van der Waals surface area contributed by atoms with Crippen LogP contribution in [0.15, 0.2) is 36.5 Å².